The number of likely N-dealkylation sites (tertiary alicyclic amines) is 1. The maximum absolute atomic E-state index is 5.48. The van der Waals surface area contributed by atoms with Gasteiger partial charge in [0.1, 0.15) is 11.5 Å². The van der Waals surface area contributed by atoms with Gasteiger partial charge in [-0.05, 0) is 37.6 Å². The van der Waals surface area contributed by atoms with E-state index in [2.05, 4.69) is 46.6 Å². The van der Waals surface area contributed by atoms with E-state index in [1.807, 2.05) is 12.1 Å². The normalized spacial score (nSPS) is 15.9. The van der Waals surface area contributed by atoms with Gasteiger partial charge in [-0.2, -0.15) is 0 Å². The van der Waals surface area contributed by atoms with Crippen molar-refractivity contribution in [1.29, 1.82) is 0 Å². The molecule has 1 heterocycles. The molecule has 0 aliphatic carbocycles. The van der Waals surface area contributed by atoms with Crippen LogP contribution in [-0.4, -0.2) is 38.3 Å². The van der Waals surface area contributed by atoms with Gasteiger partial charge in [-0.1, -0.05) is 36.4 Å². The van der Waals surface area contributed by atoms with Crippen molar-refractivity contribution in [2.75, 3.05) is 27.3 Å². The third-order valence-corrected chi connectivity index (χ3v) is 4.91. The van der Waals surface area contributed by atoms with Gasteiger partial charge in [-0.3, -0.25) is 4.90 Å². The number of nitrogens with one attached hydrogen (secondary N) is 1. The van der Waals surface area contributed by atoms with Gasteiger partial charge in [0.05, 0.1) is 14.2 Å². The van der Waals surface area contributed by atoms with Crippen LogP contribution in [0.25, 0.3) is 0 Å². The number of benzene rings is 2. The van der Waals surface area contributed by atoms with Gasteiger partial charge >= 0.3 is 0 Å². The lowest BCUT2D eigenvalue weighted by atomic mass is 10.0. The lowest BCUT2D eigenvalue weighted by molar-refractivity contribution is 0.190. The summed E-state index contributed by atoms with van der Waals surface area (Å²) in [5.41, 5.74) is 2.58. The van der Waals surface area contributed by atoms with Crippen LogP contribution in [0.1, 0.15) is 24.0 Å². The SMILES string of the molecule is COc1ccc(CNC2CCN(Cc3ccccc3)CC2)c(OC)c1. The molecule has 4 nitrogen and oxygen atoms in total. The fraction of sp³-hybridized carbons (Fsp3) is 0.429. The molecule has 4 heteroatoms. The molecule has 0 atom stereocenters. The van der Waals surface area contributed by atoms with E-state index < -0.39 is 0 Å². The maximum Gasteiger partial charge on any atom is 0.127 e. The van der Waals surface area contributed by atoms with Crippen LogP contribution >= 0.6 is 0 Å². The zero-order valence-electron chi connectivity index (χ0n) is 15.2. The number of rotatable bonds is 7. The zero-order valence-corrected chi connectivity index (χ0v) is 15.2. The summed E-state index contributed by atoms with van der Waals surface area (Å²) in [5, 5.41) is 3.69. The average molecular weight is 340 g/mol. The molecule has 2 aromatic carbocycles. The summed E-state index contributed by atoms with van der Waals surface area (Å²) in [6.07, 6.45) is 2.37. The summed E-state index contributed by atoms with van der Waals surface area (Å²) in [5.74, 6) is 1.71. The Morgan fingerprint density at radius 3 is 2.44 bits per heavy atom. The quantitative estimate of drug-likeness (QED) is 0.837. The first-order valence-electron chi connectivity index (χ1n) is 8.99. The largest absolute Gasteiger partial charge is 0.497 e. The van der Waals surface area contributed by atoms with Crippen LogP contribution in [0.15, 0.2) is 48.5 Å². The van der Waals surface area contributed by atoms with Gasteiger partial charge in [0.15, 0.2) is 0 Å². The fourth-order valence-electron chi connectivity index (χ4n) is 3.39. The van der Waals surface area contributed by atoms with Gasteiger partial charge < -0.3 is 14.8 Å². The predicted octanol–water partition coefficient (Wildman–Crippen LogP) is 3.46. The lowest BCUT2D eigenvalue weighted by Crippen LogP contribution is -2.41. The summed E-state index contributed by atoms with van der Waals surface area (Å²) in [7, 11) is 3.39. The van der Waals surface area contributed by atoms with Crippen molar-refractivity contribution in [2.45, 2.75) is 32.0 Å². The van der Waals surface area contributed by atoms with E-state index in [1.165, 1.54) is 24.0 Å². The minimum Gasteiger partial charge on any atom is -0.497 e. The van der Waals surface area contributed by atoms with Gasteiger partial charge in [0.25, 0.3) is 0 Å². The van der Waals surface area contributed by atoms with Gasteiger partial charge in [-0.15, -0.1) is 0 Å². The molecule has 25 heavy (non-hydrogen) atoms. The monoisotopic (exact) mass is 340 g/mol. The highest BCUT2D eigenvalue weighted by Crippen LogP contribution is 2.25. The number of hydrogen-bond donors (Lipinski definition) is 1. The molecule has 0 unspecified atom stereocenters. The van der Waals surface area contributed by atoms with Crippen LogP contribution < -0.4 is 14.8 Å². The number of piperidine rings is 1. The second-order valence-electron chi connectivity index (χ2n) is 6.59. The fourth-order valence-corrected chi connectivity index (χ4v) is 3.39. The molecule has 1 aliphatic rings. The van der Waals surface area contributed by atoms with Crippen molar-refractivity contribution >= 4 is 0 Å². The smallest absolute Gasteiger partial charge is 0.127 e. The molecule has 0 radical (unpaired) electrons. The molecule has 0 aromatic heterocycles. The van der Waals surface area contributed by atoms with Crippen molar-refractivity contribution in [2.24, 2.45) is 0 Å². The van der Waals surface area contributed by atoms with Crippen LogP contribution in [0.4, 0.5) is 0 Å². The summed E-state index contributed by atoms with van der Waals surface area (Å²) >= 11 is 0. The number of hydrogen-bond acceptors (Lipinski definition) is 4. The Hall–Kier alpha value is -2.04. The highest BCUT2D eigenvalue weighted by molar-refractivity contribution is 5.40. The van der Waals surface area contributed by atoms with E-state index in [0.717, 1.165) is 37.7 Å². The molecule has 1 aliphatic heterocycles. The molecule has 1 saturated heterocycles. The third-order valence-electron chi connectivity index (χ3n) is 4.91. The van der Waals surface area contributed by atoms with E-state index >= 15 is 0 Å². The Morgan fingerprint density at radius 2 is 1.76 bits per heavy atom. The van der Waals surface area contributed by atoms with E-state index in [0.29, 0.717) is 6.04 Å². The van der Waals surface area contributed by atoms with Crippen LogP contribution in [0.2, 0.25) is 0 Å². The molecule has 1 N–H and O–H groups in total. The van der Waals surface area contributed by atoms with Crippen molar-refractivity contribution in [3.8, 4) is 11.5 Å². The summed E-state index contributed by atoms with van der Waals surface area (Å²) < 4.78 is 10.7. The second-order valence-corrected chi connectivity index (χ2v) is 6.59. The summed E-state index contributed by atoms with van der Waals surface area (Å²) in [6, 6.07) is 17.3. The molecule has 3 rings (SSSR count). The Labute approximate surface area is 150 Å². The standard InChI is InChI=1S/C21H28N2O2/c1-24-20-9-8-18(21(14-20)25-2)15-22-19-10-12-23(13-11-19)16-17-6-4-3-5-7-17/h3-9,14,19,22H,10-13,15-16H2,1-2H3. The van der Waals surface area contributed by atoms with E-state index in [-0.39, 0.29) is 0 Å². The lowest BCUT2D eigenvalue weighted by Gasteiger charge is -2.32. The van der Waals surface area contributed by atoms with Crippen molar-refractivity contribution in [3.05, 3.63) is 59.7 Å². The molecule has 1 fully saturated rings. The van der Waals surface area contributed by atoms with Crippen molar-refractivity contribution < 1.29 is 9.47 Å². The molecular weight excluding hydrogens is 312 g/mol. The first-order chi connectivity index (χ1) is 12.3. The van der Waals surface area contributed by atoms with Crippen LogP contribution in [-0.2, 0) is 13.1 Å². The van der Waals surface area contributed by atoms with Crippen LogP contribution in [0.3, 0.4) is 0 Å². The Morgan fingerprint density at radius 1 is 1.00 bits per heavy atom. The second kappa shape index (κ2) is 8.88. The Balaban J connectivity index is 1.46. The third kappa shape index (κ3) is 4.97. The topological polar surface area (TPSA) is 33.7 Å². The molecular formula is C21H28N2O2. The highest BCUT2D eigenvalue weighted by Gasteiger charge is 2.19. The Kier molecular flexibility index (Phi) is 6.31. The average Bonchev–Trinajstić information content (AvgIpc) is 2.68. The van der Waals surface area contributed by atoms with Crippen molar-refractivity contribution in [3.63, 3.8) is 0 Å². The molecule has 134 valence electrons. The molecule has 0 amide bonds. The number of nitrogens with zero attached hydrogens (tertiary/aromatic N) is 1. The van der Waals surface area contributed by atoms with Crippen LogP contribution in [0, 0.1) is 0 Å². The minimum absolute atomic E-state index is 0.568. The van der Waals surface area contributed by atoms with Gasteiger partial charge in [-0.25, -0.2) is 0 Å². The molecule has 2 aromatic rings. The number of methoxy groups -OCH3 is 2. The zero-order chi connectivity index (χ0) is 17.5. The van der Waals surface area contributed by atoms with Crippen molar-refractivity contribution in [1.82, 2.24) is 10.2 Å². The van der Waals surface area contributed by atoms with E-state index in [4.69, 9.17) is 9.47 Å². The highest BCUT2D eigenvalue weighted by atomic mass is 16.5. The molecule has 0 bridgehead atoms. The first-order valence-corrected chi connectivity index (χ1v) is 8.99. The summed E-state index contributed by atoms with van der Waals surface area (Å²) in [6.45, 7) is 4.18. The first kappa shape index (κ1) is 17.8. The maximum atomic E-state index is 5.48. The number of ether oxygens (including phenoxy) is 2. The van der Waals surface area contributed by atoms with E-state index in [9.17, 15) is 0 Å². The molecule has 0 spiro atoms. The predicted molar refractivity (Wildman–Crippen MR) is 101 cm³/mol. The minimum atomic E-state index is 0.568. The van der Waals surface area contributed by atoms with Gasteiger partial charge in [0, 0.05) is 30.8 Å². The van der Waals surface area contributed by atoms with Crippen LogP contribution in [0.5, 0.6) is 11.5 Å². The van der Waals surface area contributed by atoms with Gasteiger partial charge in [0.2, 0.25) is 0 Å². The Bertz CT molecular complexity index is 652. The summed E-state index contributed by atoms with van der Waals surface area (Å²) in [4.78, 5) is 2.54. The molecule has 0 saturated carbocycles. The van der Waals surface area contributed by atoms with E-state index in [1.54, 1.807) is 14.2 Å².